The van der Waals surface area contributed by atoms with E-state index in [1.807, 2.05) is 61.0 Å². The van der Waals surface area contributed by atoms with Gasteiger partial charge in [0, 0.05) is 17.8 Å². The minimum absolute atomic E-state index is 0.0630. The summed E-state index contributed by atoms with van der Waals surface area (Å²) in [4.78, 5) is 12.9. The Kier molecular flexibility index (Phi) is 4.63. The quantitative estimate of drug-likeness (QED) is 0.724. The fourth-order valence-electron chi connectivity index (χ4n) is 2.44. The van der Waals surface area contributed by atoms with Gasteiger partial charge in [0.25, 0.3) is 5.91 Å². The molecule has 0 aliphatic heterocycles. The summed E-state index contributed by atoms with van der Waals surface area (Å²) < 4.78 is 2.87. The summed E-state index contributed by atoms with van der Waals surface area (Å²) in [7, 11) is 0. The first kappa shape index (κ1) is 16.0. The topological polar surface area (TPSA) is 46.9 Å². The first-order valence-corrected chi connectivity index (χ1v) is 8.81. The number of carbonyl (C=O) groups excluding carboxylic acids is 1. The first-order chi connectivity index (χ1) is 11.1. The Morgan fingerprint density at radius 1 is 1.22 bits per heavy atom. The van der Waals surface area contributed by atoms with E-state index < -0.39 is 0 Å². The van der Waals surface area contributed by atoms with Gasteiger partial charge in [-0.15, -0.1) is 11.3 Å². The van der Waals surface area contributed by atoms with E-state index in [1.54, 1.807) is 0 Å². The van der Waals surface area contributed by atoms with Crippen LogP contribution in [0.2, 0.25) is 0 Å². The first-order valence-electron chi connectivity index (χ1n) is 7.20. The Bertz CT molecular complexity index is 839. The number of nitrogens with one attached hydrogen (secondary N) is 1. The molecular formula is C17H16BrN3OS. The molecule has 0 atom stereocenters. The highest BCUT2D eigenvalue weighted by molar-refractivity contribution is 9.11. The molecule has 0 spiro atoms. The van der Waals surface area contributed by atoms with Crippen LogP contribution >= 0.6 is 27.3 Å². The molecule has 23 heavy (non-hydrogen) atoms. The lowest BCUT2D eigenvalue weighted by atomic mass is 10.2. The van der Waals surface area contributed by atoms with E-state index in [0.29, 0.717) is 11.4 Å². The summed E-state index contributed by atoms with van der Waals surface area (Å²) in [5, 5.41) is 7.57. The summed E-state index contributed by atoms with van der Waals surface area (Å²) >= 11 is 4.80. The summed E-state index contributed by atoms with van der Waals surface area (Å²) in [6, 6.07) is 13.7. The van der Waals surface area contributed by atoms with Gasteiger partial charge in [-0.05, 0) is 54.0 Å². The molecule has 0 unspecified atom stereocenters. The summed E-state index contributed by atoms with van der Waals surface area (Å²) in [6.07, 6.45) is 0. The average molecular weight is 390 g/mol. The molecule has 0 fully saturated rings. The lowest BCUT2D eigenvalue weighted by molar-refractivity contribution is 0.0955. The SMILES string of the molecule is Cc1nn(-c2ccccc2)c(C)c1CNC(=O)c1ccc(Br)s1. The van der Waals surface area contributed by atoms with E-state index in [0.717, 1.165) is 26.4 Å². The number of para-hydroxylation sites is 1. The monoisotopic (exact) mass is 389 g/mol. The van der Waals surface area contributed by atoms with E-state index in [2.05, 4.69) is 26.3 Å². The fourth-order valence-corrected chi connectivity index (χ4v) is 3.75. The van der Waals surface area contributed by atoms with Gasteiger partial charge in [-0.1, -0.05) is 18.2 Å². The van der Waals surface area contributed by atoms with Crippen LogP contribution in [0.5, 0.6) is 0 Å². The molecule has 0 radical (unpaired) electrons. The lowest BCUT2D eigenvalue weighted by Gasteiger charge is -2.06. The van der Waals surface area contributed by atoms with Crippen molar-refractivity contribution in [1.82, 2.24) is 15.1 Å². The van der Waals surface area contributed by atoms with Crippen molar-refractivity contribution in [3.8, 4) is 5.69 Å². The second-order valence-electron chi connectivity index (χ2n) is 5.18. The van der Waals surface area contributed by atoms with Gasteiger partial charge < -0.3 is 5.32 Å². The van der Waals surface area contributed by atoms with Crippen LogP contribution in [-0.4, -0.2) is 15.7 Å². The molecule has 0 saturated heterocycles. The molecule has 2 aromatic heterocycles. The third kappa shape index (κ3) is 3.38. The number of aromatic nitrogens is 2. The van der Waals surface area contributed by atoms with E-state index >= 15 is 0 Å². The number of hydrogen-bond acceptors (Lipinski definition) is 3. The zero-order valence-electron chi connectivity index (χ0n) is 12.8. The molecule has 0 bridgehead atoms. The van der Waals surface area contributed by atoms with Crippen LogP contribution in [0.15, 0.2) is 46.3 Å². The number of thiophene rings is 1. The molecule has 3 rings (SSSR count). The normalized spacial score (nSPS) is 10.7. The molecule has 118 valence electrons. The molecule has 1 amide bonds. The number of aryl methyl sites for hydroxylation is 1. The maximum atomic E-state index is 12.2. The number of nitrogens with zero attached hydrogens (tertiary/aromatic N) is 2. The lowest BCUT2D eigenvalue weighted by Crippen LogP contribution is -2.22. The van der Waals surface area contributed by atoms with Gasteiger partial charge in [0.2, 0.25) is 0 Å². The number of benzene rings is 1. The molecule has 1 aromatic carbocycles. The highest BCUT2D eigenvalue weighted by Gasteiger charge is 2.14. The van der Waals surface area contributed by atoms with Gasteiger partial charge in [0.05, 0.1) is 20.0 Å². The number of carbonyl (C=O) groups is 1. The molecular weight excluding hydrogens is 374 g/mol. The van der Waals surface area contributed by atoms with Crippen LogP contribution in [0.3, 0.4) is 0 Å². The molecule has 2 heterocycles. The Morgan fingerprint density at radius 3 is 2.61 bits per heavy atom. The van der Waals surface area contributed by atoms with Crippen LogP contribution < -0.4 is 5.32 Å². The Balaban J connectivity index is 1.79. The maximum absolute atomic E-state index is 12.2. The second-order valence-corrected chi connectivity index (χ2v) is 7.65. The molecule has 0 aliphatic carbocycles. The van der Waals surface area contributed by atoms with Crippen molar-refractivity contribution in [2.45, 2.75) is 20.4 Å². The minimum Gasteiger partial charge on any atom is -0.347 e. The summed E-state index contributed by atoms with van der Waals surface area (Å²) in [5.41, 5.74) is 4.05. The third-order valence-electron chi connectivity index (χ3n) is 3.66. The minimum atomic E-state index is -0.0630. The van der Waals surface area contributed by atoms with Crippen LogP contribution in [-0.2, 0) is 6.54 Å². The average Bonchev–Trinajstić information content (AvgIpc) is 3.10. The predicted molar refractivity (Wildman–Crippen MR) is 96.2 cm³/mol. The highest BCUT2D eigenvalue weighted by Crippen LogP contribution is 2.22. The van der Waals surface area contributed by atoms with Crippen LogP contribution in [0, 0.1) is 13.8 Å². The van der Waals surface area contributed by atoms with Crippen molar-refractivity contribution in [2.75, 3.05) is 0 Å². The van der Waals surface area contributed by atoms with E-state index in [9.17, 15) is 4.79 Å². The largest absolute Gasteiger partial charge is 0.347 e. The van der Waals surface area contributed by atoms with Gasteiger partial charge in [-0.25, -0.2) is 4.68 Å². The van der Waals surface area contributed by atoms with Crippen molar-refractivity contribution >= 4 is 33.2 Å². The number of rotatable bonds is 4. The van der Waals surface area contributed by atoms with Crippen molar-refractivity contribution in [2.24, 2.45) is 0 Å². The van der Waals surface area contributed by atoms with Crippen LogP contribution in [0.4, 0.5) is 0 Å². The number of amides is 1. The predicted octanol–water partition coefficient (Wildman–Crippen LogP) is 4.24. The number of hydrogen-bond donors (Lipinski definition) is 1. The van der Waals surface area contributed by atoms with Crippen LogP contribution in [0.1, 0.15) is 26.6 Å². The molecule has 0 aliphatic rings. The van der Waals surface area contributed by atoms with Crippen molar-refractivity contribution in [3.63, 3.8) is 0 Å². The second kappa shape index (κ2) is 6.68. The Morgan fingerprint density at radius 2 is 1.96 bits per heavy atom. The molecule has 6 heteroatoms. The van der Waals surface area contributed by atoms with Crippen molar-refractivity contribution in [1.29, 1.82) is 0 Å². The van der Waals surface area contributed by atoms with Crippen LogP contribution in [0.25, 0.3) is 5.69 Å². The van der Waals surface area contributed by atoms with Gasteiger partial charge in [-0.3, -0.25) is 4.79 Å². The van der Waals surface area contributed by atoms with Crippen molar-refractivity contribution in [3.05, 3.63) is 68.1 Å². The van der Waals surface area contributed by atoms with E-state index in [-0.39, 0.29) is 5.91 Å². The fraction of sp³-hybridized carbons (Fsp3) is 0.176. The molecule has 3 aromatic rings. The molecule has 0 saturated carbocycles. The zero-order chi connectivity index (χ0) is 16.4. The zero-order valence-corrected chi connectivity index (χ0v) is 15.2. The Labute approximate surface area is 147 Å². The maximum Gasteiger partial charge on any atom is 0.261 e. The van der Waals surface area contributed by atoms with Crippen molar-refractivity contribution < 1.29 is 4.79 Å². The van der Waals surface area contributed by atoms with Gasteiger partial charge in [0.1, 0.15) is 0 Å². The molecule has 4 nitrogen and oxygen atoms in total. The molecule has 1 N–H and O–H groups in total. The van der Waals surface area contributed by atoms with E-state index in [1.165, 1.54) is 11.3 Å². The highest BCUT2D eigenvalue weighted by atomic mass is 79.9. The van der Waals surface area contributed by atoms with E-state index in [4.69, 9.17) is 0 Å². The van der Waals surface area contributed by atoms with Gasteiger partial charge in [0.15, 0.2) is 0 Å². The summed E-state index contributed by atoms with van der Waals surface area (Å²) in [5.74, 6) is -0.0630. The standard InChI is InChI=1S/C17H16BrN3OS/c1-11-14(10-19-17(22)15-8-9-16(18)23-15)12(2)21(20-11)13-6-4-3-5-7-13/h3-9H,10H2,1-2H3,(H,19,22). The van der Waals surface area contributed by atoms with Gasteiger partial charge >= 0.3 is 0 Å². The number of halogens is 1. The third-order valence-corrected chi connectivity index (χ3v) is 5.29. The van der Waals surface area contributed by atoms with Gasteiger partial charge in [-0.2, -0.15) is 5.10 Å². The smallest absolute Gasteiger partial charge is 0.261 e. The summed E-state index contributed by atoms with van der Waals surface area (Å²) in [6.45, 7) is 4.46. The Hall–Kier alpha value is -1.92.